The number of hydrogen-bond donors (Lipinski definition) is 1. The van der Waals surface area contributed by atoms with Crippen LogP contribution in [-0.4, -0.2) is 11.5 Å². The van der Waals surface area contributed by atoms with Crippen molar-refractivity contribution in [3.63, 3.8) is 0 Å². The summed E-state index contributed by atoms with van der Waals surface area (Å²) in [5, 5.41) is 2.29. The van der Waals surface area contributed by atoms with Gasteiger partial charge in [0.2, 0.25) is 0 Å². The molecule has 20 heavy (non-hydrogen) atoms. The van der Waals surface area contributed by atoms with E-state index < -0.39 is 0 Å². The molecular weight excluding hydrogens is 315 g/mol. The van der Waals surface area contributed by atoms with Crippen molar-refractivity contribution in [2.24, 2.45) is 11.1 Å². The SMILES string of the molecule is Cc1cc(CC(C)(C)CN)nc2c(Cl)cc(Cl)c(Cl)c12. The summed E-state index contributed by atoms with van der Waals surface area (Å²) in [7, 11) is 0. The van der Waals surface area contributed by atoms with Crippen molar-refractivity contribution in [1.29, 1.82) is 0 Å². The average molecular weight is 332 g/mol. The fourth-order valence-corrected chi connectivity index (χ4v) is 3.00. The minimum absolute atomic E-state index is 0.00415. The lowest BCUT2D eigenvalue weighted by Crippen LogP contribution is -2.26. The van der Waals surface area contributed by atoms with Crippen molar-refractivity contribution in [2.45, 2.75) is 27.2 Å². The maximum Gasteiger partial charge on any atom is 0.0910 e. The Morgan fingerprint density at radius 3 is 2.40 bits per heavy atom. The topological polar surface area (TPSA) is 38.9 Å². The van der Waals surface area contributed by atoms with Gasteiger partial charge in [-0.2, -0.15) is 0 Å². The lowest BCUT2D eigenvalue weighted by molar-refractivity contribution is 0.373. The molecule has 0 radical (unpaired) electrons. The van der Waals surface area contributed by atoms with Gasteiger partial charge in [0.25, 0.3) is 0 Å². The van der Waals surface area contributed by atoms with Crippen LogP contribution in [0.25, 0.3) is 10.9 Å². The number of aromatic nitrogens is 1. The van der Waals surface area contributed by atoms with E-state index in [1.165, 1.54) is 0 Å². The van der Waals surface area contributed by atoms with E-state index in [0.29, 0.717) is 27.1 Å². The first-order valence-electron chi connectivity index (χ1n) is 6.39. The standard InChI is InChI=1S/C15H17Cl3N2/c1-8-4-9(6-15(2,3)7-19)20-14-11(17)5-10(16)13(18)12(8)14/h4-5H,6-7,19H2,1-3H3. The molecule has 2 rings (SSSR count). The Kier molecular flexibility index (Phi) is 4.50. The molecule has 1 aromatic heterocycles. The molecule has 0 aliphatic carbocycles. The quantitative estimate of drug-likeness (QED) is 0.801. The highest BCUT2D eigenvalue weighted by atomic mass is 35.5. The maximum atomic E-state index is 6.27. The Morgan fingerprint density at radius 1 is 1.15 bits per heavy atom. The normalized spacial score (nSPS) is 12.2. The number of nitrogens with zero attached hydrogens (tertiary/aromatic N) is 1. The molecular formula is C15H17Cl3N2. The molecule has 0 saturated carbocycles. The van der Waals surface area contributed by atoms with Crippen molar-refractivity contribution in [1.82, 2.24) is 4.98 Å². The third-order valence-corrected chi connectivity index (χ3v) is 4.47. The molecule has 0 bridgehead atoms. The van der Waals surface area contributed by atoms with Gasteiger partial charge >= 0.3 is 0 Å². The van der Waals surface area contributed by atoms with Gasteiger partial charge < -0.3 is 5.73 Å². The highest BCUT2D eigenvalue weighted by molar-refractivity contribution is 6.47. The van der Waals surface area contributed by atoms with Gasteiger partial charge in [-0.3, -0.25) is 4.98 Å². The summed E-state index contributed by atoms with van der Waals surface area (Å²) in [6.07, 6.45) is 0.789. The molecule has 2 aromatic rings. The van der Waals surface area contributed by atoms with Gasteiger partial charge in [-0.05, 0) is 43.0 Å². The molecule has 0 saturated heterocycles. The number of rotatable bonds is 3. The van der Waals surface area contributed by atoms with Crippen LogP contribution in [0, 0.1) is 12.3 Å². The predicted molar refractivity (Wildman–Crippen MR) is 88.0 cm³/mol. The lowest BCUT2D eigenvalue weighted by atomic mass is 9.87. The Labute approximate surface area is 134 Å². The van der Waals surface area contributed by atoms with Crippen molar-refractivity contribution in [2.75, 3.05) is 6.54 Å². The smallest absolute Gasteiger partial charge is 0.0910 e. The second-order valence-electron chi connectivity index (χ2n) is 5.85. The third-order valence-electron chi connectivity index (χ3n) is 3.39. The summed E-state index contributed by atoms with van der Waals surface area (Å²) in [6.45, 7) is 6.82. The highest BCUT2D eigenvalue weighted by Gasteiger charge is 2.19. The van der Waals surface area contributed by atoms with Crippen LogP contribution in [0.2, 0.25) is 15.1 Å². The zero-order valence-electron chi connectivity index (χ0n) is 11.7. The Bertz CT molecular complexity index is 666. The molecule has 0 aliphatic rings. The van der Waals surface area contributed by atoms with E-state index in [2.05, 4.69) is 18.8 Å². The second kappa shape index (κ2) is 5.69. The van der Waals surface area contributed by atoms with Crippen molar-refractivity contribution in [3.8, 4) is 0 Å². The third kappa shape index (κ3) is 3.04. The molecule has 2 N–H and O–H groups in total. The minimum atomic E-state index is -0.00415. The van der Waals surface area contributed by atoms with E-state index in [1.54, 1.807) is 6.07 Å². The fourth-order valence-electron chi connectivity index (χ4n) is 2.21. The largest absolute Gasteiger partial charge is 0.330 e. The fraction of sp³-hybridized carbons (Fsp3) is 0.400. The highest BCUT2D eigenvalue weighted by Crippen LogP contribution is 2.37. The average Bonchev–Trinajstić information content (AvgIpc) is 2.35. The molecule has 108 valence electrons. The zero-order valence-corrected chi connectivity index (χ0v) is 14.0. The van der Waals surface area contributed by atoms with Gasteiger partial charge in [-0.1, -0.05) is 48.7 Å². The van der Waals surface area contributed by atoms with Crippen LogP contribution < -0.4 is 5.73 Å². The second-order valence-corrected chi connectivity index (χ2v) is 7.05. The Balaban J connectivity index is 2.64. The molecule has 1 aromatic carbocycles. The van der Waals surface area contributed by atoms with E-state index in [-0.39, 0.29) is 5.41 Å². The predicted octanol–water partition coefficient (Wildman–Crippen LogP) is 5.03. The van der Waals surface area contributed by atoms with Gasteiger partial charge in [0.15, 0.2) is 0 Å². The Morgan fingerprint density at radius 2 is 1.80 bits per heavy atom. The Hall–Kier alpha value is -0.540. The summed E-state index contributed by atoms with van der Waals surface area (Å²) in [4.78, 5) is 4.64. The molecule has 0 unspecified atom stereocenters. The number of benzene rings is 1. The zero-order chi connectivity index (χ0) is 15.1. The van der Waals surface area contributed by atoms with Crippen LogP contribution in [-0.2, 0) is 6.42 Å². The van der Waals surface area contributed by atoms with Gasteiger partial charge in [-0.15, -0.1) is 0 Å². The number of halogens is 3. The van der Waals surface area contributed by atoms with E-state index in [4.69, 9.17) is 40.5 Å². The first-order valence-corrected chi connectivity index (χ1v) is 7.52. The molecule has 5 heteroatoms. The molecule has 0 fully saturated rings. The summed E-state index contributed by atoms with van der Waals surface area (Å²) >= 11 is 18.6. The van der Waals surface area contributed by atoms with Gasteiger partial charge in [0.1, 0.15) is 0 Å². The van der Waals surface area contributed by atoms with E-state index in [0.717, 1.165) is 23.1 Å². The number of pyridine rings is 1. The van der Waals surface area contributed by atoms with E-state index in [9.17, 15) is 0 Å². The minimum Gasteiger partial charge on any atom is -0.330 e. The maximum absolute atomic E-state index is 6.27. The lowest BCUT2D eigenvalue weighted by Gasteiger charge is -2.22. The van der Waals surface area contributed by atoms with Crippen LogP contribution in [0.1, 0.15) is 25.1 Å². The number of hydrogen-bond acceptors (Lipinski definition) is 2. The molecule has 1 heterocycles. The summed E-state index contributed by atoms with van der Waals surface area (Å²) < 4.78 is 0. The summed E-state index contributed by atoms with van der Waals surface area (Å²) in [6, 6.07) is 3.66. The summed E-state index contributed by atoms with van der Waals surface area (Å²) in [5.74, 6) is 0. The van der Waals surface area contributed by atoms with Crippen molar-refractivity contribution < 1.29 is 0 Å². The molecule has 2 nitrogen and oxygen atoms in total. The van der Waals surface area contributed by atoms with Crippen LogP contribution >= 0.6 is 34.8 Å². The van der Waals surface area contributed by atoms with E-state index in [1.807, 2.05) is 13.0 Å². The number of fused-ring (bicyclic) bond motifs is 1. The monoisotopic (exact) mass is 330 g/mol. The van der Waals surface area contributed by atoms with Gasteiger partial charge in [0, 0.05) is 11.1 Å². The first kappa shape index (κ1) is 15.8. The van der Waals surface area contributed by atoms with Crippen molar-refractivity contribution >= 4 is 45.7 Å². The number of aryl methyl sites for hydroxylation is 1. The number of nitrogens with two attached hydrogens (primary N) is 1. The van der Waals surface area contributed by atoms with Crippen molar-refractivity contribution in [3.05, 3.63) is 38.5 Å². The van der Waals surface area contributed by atoms with Crippen LogP contribution in [0.3, 0.4) is 0 Å². The van der Waals surface area contributed by atoms with Crippen LogP contribution in [0.4, 0.5) is 0 Å². The van der Waals surface area contributed by atoms with E-state index >= 15 is 0 Å². The van der Waals surface area contributed by atoms with Gasteiger partial charge in [0.05, 0.1) is 20.6 Å². The molecule has 0 atom stereocenters. The molecule has 0 aliphatic heterocycles. The van der Waals surface area contributed by atoms with Crippen LogP contribution in [0.5, 0.6) is 0 Å². The van der Waals surface area contributed by atoms with Gasteiger partial charge in [-0.25, -0.2) is 0 Å². The summed E-state index contributed by atoms with van der Waals surface area (Å²) in [5.41, 5.74) is 8.46. The molecule has 0 spiro atoms. The first-order chi connectivity index (χ1) is 9.25. The van der Waals surface area contributed by atoms with Crippen LogP contribution in [0.15, 0.2) is 12.1 Å². The molecule has 0 amide bonds.